The van der Waals surface area contributed by atoms with Gasteiger partial charge in [0.05, 0.1) is 12.8 Å². The summed E-state index contributed by atoms with van der Waals surface area (Å²) in [6, 6.07) is 13.8. The largest absolute Gasteiger partial charge is 0.497 e. The molecule has 0 N–H and O–H groups in total. The van der Waals surface area contributed by atoms with Gasteiger partial charge in [-0.2, -0.15) is 0 Å². The van der Waals surface area contributed by atoms with Crippen molar-refractivity contribution >= 4 is 12.2 Å². The van der Waals surface area contributed by atoms with Crippen LogP contribution in [0.2, 0.25) is 0 Å². The molecule has 0 saturated heterocycles. The Morgan fingerprint density at radius 1 is 1.06 bits per heavy atom. The Hall–Kier alpha value is -2.09. The number of nitrogens with zero attached hydrogens (tertiary/aromatic N) is 1. The van der Waals surface area contributed by atoms with Crippen LogP contribution in [0.4, 0.5) is 0 Å². The molecule has 0 aliphatic rings. The van der Waals surface area contributed by atoms with Gasteiger partial charge in [-0.15, -0.1) is 0 Å². The van der Waals surface area contributed by atoms with Gasteiger partial charge in [-0.1, -0.05) is 24.3 Å². The minimum Gasteiger partial charge on any atom is -0.497 e. The molecule has 0 aliphatic carbocycles. The Balaban J connectivity index is 2.17. The maximum Gasteiger partial charge on any atom is 0.119 e. The fourth-order valence-electron chi connectivity index (χ4n) is 1.40. The summed E-state index contributed by atoms with van der Waals surface area (Å²) in [5, 5.41) is 0. The summed E-state index contributed by atoms with van der Waals surface area (Å²) in [4.78, 5) is 4.22. The highest BCUT2D eigenvalue weighted by Gasteiger charge is 1.91. The van der Waals surface area contributed by atoms with Crippen LogP contribution >= 0.6 is 0 Å². The molecule has 1 aromatic heterocycles. The number of hydrogen-bond acceptors (Lipinski definition) is 2. The van der Waals surface area contributed by atoms with E-state index in [1.807, 2.05) is 54.6 Å². The third-order valence-electron chi connectivity index (χ3n) is 2.23. The Morgan fingerprint density at radius 2 is 2.00 bits per heavy atom. The first-order valence-electron chi connectivity index (χ1n) is 5.11. The topological polar surface area (TPSA) is 22.1 Å². The quantitative estimate of drug-likeness (QED) is 0.777. The molecule has 0 atom stereocenters. The summed E-state index contributed by atoms with van der Waals surface area (Å²) in [7, 11) is 1.67. The van der Waals surface area contributed by atoms with Gasteiger partial charge in [-0.3, -0.25) is 4.98 Å². The van der Waals surface area contributed by atoms with Crippen molar-refractivity contribution in [1.29, 1.82) is 0 Å². The number of aromatic nitrogens is 1. The van der Waals surface area contributed by atoms with Crippen molar-refractivity contribution < 1.29 is 4.74 Å². The fourth-order valence-corrected chi connectivity index (χ4v) is 1.40. The smallest absolute Gasteiger partial charge is 0.119 e. The van der Waals surface area contributed by atoms with Crippen molar-refractivity contribution in [2.45, 2.75) is 0 Å². The van der Waals surface area contributed by atoms with Gasteiger partial charge in [0.2, 0.25) is 0 Å². The van der Waals surface area contributed by atoms with Gasteiger partial charge < -0.3 is 4.74 Å². The number of ether oxygens (including phenoxy) is 1. The lowest BCUT2D eigenvalue weighted by atomic mass is 10.2. The molecule has 2 nitrogen and oxygen atoms in total. The lowest BCUT2D eigenvalue weighted by Crippen LogP contribution is -1.82. The summed E-state index contributed by atoms with van der Waals surface area (Å²) < 4.78 is 5.16. The second-order valence-electron chi connectivity index (χ2n) is 3.36. The van der Waals surface area contributed by atoms with E-state index in [0.29, 0.717) is 0 Å². The second-order valence-corrected chi connectivity index (χ2v) is 3.36. The lowest BCUT2D eigenvalue weighted by Gasteiger charge is -1.99. The predicted octanol–water partition coefficient (Wildman–Crippen LogP) is 3.26. The van der Waals surface area contributed by atoms with E-state index in [9.17, 15) is 0 Å². The van der Waals surface area contributed by atoms with Gasteiger partial charge in [-0.05, 0) is 35.9 Å². The van der Waals surface area contributed by atoms with Crippen molar-refractivity contribution in [3.8, 4) is 5.75 Å². The highest BCUT2D eigenvalue weighted by Crippen LogP contribution is 2.14. The van der Waals surface area contributed by atoms with E-state index in [0.717, 1.165) is 17.0 Å². The first kappa shape index (κ1) is 10.4. The van der Waals surface area contributed by atoms with Gasteiger partial charge in [0.1, 0.15) is 5.75 Å². The first-order chi connectivity index (χ1) is 7.88. The summed E-state index contributed by atoms with van der Waals surface area (Å²) >= 11 is 0. The lowest BCUT2D eigenvalue weighted by molar-refractivity contribution is 0.414. The standard InChI is InChI=1S/C14H13NO/c1-16-14-7-4-5-12(11-14)8-9-13-6-2-3-10-15-13/h2-11H,1H3. The van der Waals surface area contributed by atoms with E-state index in [1.54, 1.807) is 13.3 Å². The number of methoxy groups -OCH3 is 1. The zero-order chi connectivity index (χ0) is 11.2. The molecule has 0 bridgehead atoms. The minimum atomic E-state index is 0.864. The molecule has 2 aromatic rings. The maximum absolute atomic E-state index is 5.16. The first-order valence-corrected chi connectivity index (χ1v) is 5.11. The van der Waals surface area contributed by atoms with Crippen LogP contribution in [-0.2, 0) is 0 Å². The Morgan fingerprint density at radius 3 is 2.75 bits per heavy atom. The average Bonchev–Trinajstić information content (AvgIpc) is 2.38. The van der Waals surface area contributed by atoms with Gasteiger partial charge >= 0.3 is 0 Å². The van der Waals surface area contributed by atoms with Crippen molar-refractivity contribution in [1.82, 2.24) is 4.98 Å². The van der Waals surface area contributed by atoms with Crippen LogP contribution < -0.4 is 4.74 Å². The third kappa shape index (κ3) is 2.70. The van der Waals surface area contributed by atoms with E-state index in [-0.39, 0.29) is 0 Å². The highest BCUT2D eigenvalue weighted by atomic mass is 16.5. The third-order valence-corrected chi connectivity index (χ3v) is 2.23. The molecule has 0 fully saturated rings. The van der Waals surface area contributed by atoms with E-state index < -0.39 is 0 Å². The van der Waals surface area contributed by atoms with E-state index in [2.05, 4.69) is 4.98 Å². The van der Waals surface area contributed by atoms with Crippen LogP contribution in [0.3, 0.4) is 0 Å². The Kier molecular flexibility index (Phi) is 3.34. The number of benzene rings is 1. The SMILES string of the molecule is COc1cccc(C=Cc2ccccn2)c1. The Labute approximate surface area is 95.2 Å². The fraction of sp³-hybridized carbons (Fsp3) is 0.0714. The normalized spacial score (nSPS) is 10.6. The van der Waals surface area contributed by atoms with E-state index in [4.69, 9.17) is 4.74 Å². The molecule has 16 heavy (non-hydrogen) atoms. The van der Waals surface area contributed by atoms with Gasteiger partial charge in [0.25, 0.3) is 0 Å². The molecule has 0 radical (unpaired) electrons. The predicted molar refractivity (Wildman–Crippen MR) is 66.2 cm³/mol. The molecule has 1 aromatic carbocycles. The highest BCUT2D eigenvalue weighted by molar-refractivity contribution is 5.68. The number of pyridine rings is 1. The molecule has 0 unspecified atom stereocenters. The van der Waals surface area contributed by atoms with Crippen LogP contribution in [0, 0.1) is 0 Å². The van der Waals surface area contributed by atoms with Crippen molar-refractivity contribution in [2.75, 3.05) is 7.11 Å². The second kappa shape index (κ2) is 5.12. The summed E-state index contributed by atoms with van der Waals surface area (Å²) in [5.74, 6) is 0.864. The van der Waals surface area contributed by atoms with Crippen LogP contribution in [0.5, 0.6) is 5.75 Å². The van der Waals surface area contributed by atoms with Crippen molar-refractivity contribution in [2.24, 2.45) is 0 Å². The molecule has 0 spiro atoms. The molecule has 0 saturated carbocycles. The van der Waals surface area contributed by atoms with Crippen molar-refractivity contribution in [3.05, 3.63) is 59.9 Å². The van der Waals surface area contributed by atoms with Crippen LogP contribution in [-0.4, -0.2) is 12.1 Å². The molecule has 2 rings (SSSR count). The zero-order valence-corrected chi connectivity index (χ0v) is 9.13. The molecular weight excluding hydrogens is 198 g/mol. The average molecular weight is 211 g/mol. The van der Waals surface area contributed by atoms with Gasteiger partial charge in [0, 0.05) is 6.20 Å². The summed E-state index contributed by atoms with van der Waals surface area (Å²) in [5.41, 5.74) is 2.05. The summed E-state index contributed by atoms with van der Waals surface area (Å²) in [6.07, 6.45) is 5.78. The van der Waals surface area contributed by atoms with E-state index >= 15 is 0 Å². The minimum absolute atomic E-state index is 0.864. The van der Waals surface area contributed by atoms with Crippen molar-refractivity contribution in [3.63, 3.8) is 0 Å². The van der Waals surface area contributed by atoms with Crippen LogP contribution in [0.15, 0.2) is 48.7 Å². The molecule has 80 valence electrons. The molecule has 0 aliphatic heterocycles. The molecule has 0 amide bonds. The van der Waals surface area contributed by atoms with Gasteiger partial charge in [-0.25, -0.2) is 0 Å². The zero-order valence-electron chi connectivity index (χ0n) is 9.13. The number of rotatable bonds is 3. The maximum atomic E-state index is 5.16. The summed E-state index contributed by atoms with van der Waals surface area (Å²) in [6.45, 7) is 0. The van der Waals surface area contributed by atoms with Crippen LogP contribution in [0.25, 0.3) is 12.2 Å². The molecular formula is C14H13NO. The van der Waals surface area contributed by atoms with Gasteiger partial charge in [0.15, 0.2) is 0 Å². The molecule has 2 heteroatoms. The Bertz CT molecular complexity index is 477. The monoisotopic (exact) mass is 211 g/mol. The van der Waals surface area contributed by atoms with E-state index in [1.165, 1.54) is 0 Å². The number of hydrogen-bond donors (Lipinski definition) is 0. The van der Waals surface area contributed by atoms with Crippen LogP contribution in [0.1, 0.15) is 11.3 Å². The molecule has 1 heterocycles.